The molecule has 0 amide bonds. The van der Waals surface area contributed by atoms with Crippen LogP contribution in [0.15, 0.2) is 30.4 Å². The van der Waals surface area contributed by atoms with Gasteiger partial charge in [0, 0.05) is 11.9 Å². The zero-order chi connectivity index (χ0) is 12.0. The van der Waals surface area contributed by atoms with Gasteiger partial charge in [-0.3, -0.25) is 4.79 Å². The van der Waals surface area contributed by atoms with Crippen molar-refractivity contribution in [1.82, 2.24) is 0 Å². The smallest absolute Gasteiger partial charge is 0.163 e. The lowest BCUT2D eigenvalue weighted by atomic mass is 10.1. The molecule has 16 heavy (non-hydrogen) atoms. The molecule has 1 aromatic rings. The average molecular weight is 243 g/mol. The van der Waals surface area contributed by atoms with Crippen LogP contribution in [0.2, 0.25) is 0 Å². The lowest BCUT2D eigenvalue weighted by molar-refractivity contribution is 0.101. The number of alkyl halides is 1. The van der Waals surface area contributed by atoms with Gasteiger partial charge in [-0.1, -0.05) is 12.2 Å². The zero-order valence-corrected chi connectivity index (χ0v) is 9.63. The minimum atomic E-state index is -0.429. The van der Waals surface area contributed by atoms with E-state index in [0.717, 1.165) is 0 Å². The van der Waals surface area contributed by atoms with E-state index in [2.05, 4.69) is 0 Å². The minimum Gasteiger partial charge on any atom is -0.489 e. The molecule has 0 N–H and O–H groups in total. The number of ether oxygens (including phenoxy) is 1. The van der Waals surface area contributed by atoms with Crippen LogP contribution < -0.4 is 4.74 Å². The molecule has 0 fully saturated rings. The number of carbonyl (C=O) groups is 1. The van der Waals surface area contributed by atoms with E-state index in [0.29, 0.717) is 11.4 Å². The molecular formula is C12H12ClFO2. The number of allylic oxidation sites excluding steroid dienone is 1. The van der Waals surface area contributed by atoms with Crippen LogP contribution in [0.5, 0.6) is 5.75 Å². The van der Waals surface area contributed by atoms with Crippen LogP contribution in [0.1, 0.15) is 17.3 Å². The summed E-state index contributed by atoms with van der Waals surface area (Å²) in [5, 5.41) is 0. The Balaban J connectivity index is 2.80. The summed E-state index contributed by atoms with van der Waals surface area (Å²) in [4.78, 5) is 11.2. The molecule has 1 rings (SSSR count). The van der Waals surface area contributed by atoms with E-state index in [4.69, 9.17) is 16.3 Å². The van der Waals surface area contributed by atoms with E-state index in [1.54, 1.807) is 12.2 Å². The third-order valence-electron chi connectivity index (χ3n) is 1.91. The summed E-state index contributed by atoms with van der Waals surface area (Å²) in [5.41, 5.74) is 0.376. The highest BCUT2D eigenvalue weighted by Crippen LogP contribution is 2.20. The average Bonchev–Trinajstić information content (AvgIpc) is 2.24. The first kappa shape index (κ1) is 12.7. The Bertz CT molecular complexity index is 402. The Hall–Kier alpha value is -1.35. The van der Waals surface area contributed by atoms with Crippen LogP contribution in [0, 0.1) is 5.82 Å². The molecule has 0 unspecified atom stereocenters. The molecular weight excluding hydrogens is 231 g/mol. The monoisotopic (exact) mass is 242 g/mol. The molecule has 0 heterocycles. The fraction of sp³-hybridized carbons (Fsp3) is 0.250. The normalized spacial score (nSPS) is 10.7. The van der Waals surface area contributed by atoms with Gasteiger partial charge < -0.3 is 4.74 Å². The maximum atomic E-state index is 13.0. The number of ketones is 1. The third kappa shape index (κ3) is 3.66. The van der Waals surface area contributed by atoms with Crippen molar-refractivity contribution in [3.63, 3.8) is 0 Å². The van der Waals surface area contributed by atoms with Gasteiger partial charge in [0.1, 0.15) is 18.2 Å². The van der Waals surface area contributed by atoms with Gasteiger partial charge in [-0.2, -0.15) is 0 Å². The Kier molecular flexibility index (Phi) is 4.99. The van der Waals surface area contributed by atoms with Crippen molar-refractivity contribution >= 4 is 17.4 Å². The van der Waals surface area contributed by atoms with Crippen molar-refractivity contribution in [3.05, 3.63) is 41.7 Å². The molecule has 0 spiro atoms. The molecule has 0 aliphatic heterocycles. The first-order valence-corrected chi connectivity index (χ1v) is 5.33. The van der Waals surface area contributed by atoms with Crippen LogP contribution in [-0.4, -0.2) is 18.3 Å². The highest BCUT2D eigenvalue weighted by atomic mass is 35.5. The van der Waals surface area contributed by atoms with Gasteiger partial charge in [0.25, 0.3) is 0 Å². The van der Waals surface area contributed by atoms with Crippen molar-refractivity contribution in [3.8, 4) is 5.75 Å². The summed E-state index contributed by atoms with van der Waals surface area (Å²) in [7, 11) is 0. The maximum Gasteiger partial charge on any atom is 0.163 e. The van der Waals surface area contributed by atoms with Crippen LogP contribution in [0.25, 0.3) is 0 Å². The first-order valence-electron chi connectivity index (χ1n) is 4.79. The van der Waals surface area contributed by atoms with E-state index < -0.39 is 5.82 Å². The first-order chi connectivity index (χ1) is 7.65. The topological polar surface area (TPSA) is 26.3 Å². The molecule has 0 aromatic heterocycles. The van der Waals surface area contributed by atoms with Crippen molar-refractivity contribution in [2.24, 2.45) is 0 Å². The Morgan fingerprint density at radius 2 is 2.25 bits per heavy atom. The molecule has 0 saturated heterocycles. The van der Waals surface area contributed by atoms with Crippen LogP contribution in [-0.2, 0) is 0 Å². The van der Waals surface area contributed by atoms with Crippen molar-refractivity contribution in [2.75, 3.05) is 12.5 Å². The molecule has 0 radical (unpaired) electrons. The van der Waals surface area contributed by atoms with Gasteiger partial charge in [0.05, 0.1) is 5.56 Å². The standard InChI is InChI=1S/C12H12ClFO2/c1-9(15)11-5-4-10(14)8-12(11)16-7-3-2-6-13/h2-5,8H,6-7H2,1H3. The van der Waals surface area contributed by atoms with Gasteiger partial charge in [-0.05, 0) is 19.1 Å². The Morgan fingerprint density at radius 1 is 1.50 bits per heavy atom. The van der Waals surface area contributed by atoms with E-state index in [-0.39, 0.29) is 18.1 Å². The Morgan fingerprint density at radius 3 is 2.88 bits per heavy atom. The number of rotatable bonds is 5. The minimum absolute atomic E-state index is 0.156. The van der Waals surface area contributed by atoms with E-state index in [1.807, 2.05) is 0 Å². The maximum absolute atomic E-state index is 13.0. The molecule has 4 heteroatoms. The highest BCUT2D eigenvalue weighted by Gasteiger charge is 2.08. The fourth-order valence-corrected chi connectivity index (χ4v) is 1.30. The van der Waals surface area contributed by atoms with Gasteiger partial charge in [-0.15, -0.1) is 11.6 Å². The van der Waals surface area contributed by atoms with Gasteiger partial charge in [0.2, 0.25) is 0 Å². The van der Waals surface area contributed by atoms with Crippen LogP contribution in [0.4, 0.5) is 4.39 Å². The second kappa shape index (κ2) is 6.28. The summed E-state index contributed by atoms with van der Waals surface area (Å²) in [6.07, 6.45) is 3.43. The van der Waals surface area contributed by atoms with Gasteiger partial charge in [0.15, 0.2) is 5.78 Å². The molecule has 0 saturated carbocycles. The zero-order valence-electron chi connectivity index (χ0n) is 8.87. The number of carbonyl (C=O) groups excluding carboxylic acids is 1. The third-order valence-corrected chi connectivity index (χ3v) is 2.09. The van der Waals surface area contributed by atoms with Crippen LogP contribution >= 0.6 is 11.6 Å². The van der Waals surface area contributed by atoms with Crippen LogP contribution in [0.3, 0.4) is 0 Å². The number of hydrogen-bond donors (Lipinski definition) is 0. The summed E-state index contributed by atoms with van der Waals surface area (Å²) in [6.45, 7) is 1.67. The molecule has 86 valence electrons. The summed E-state index contributed by atoms with van der Waals surface area (Å²) < 4.78 is 18.2. The van der Waals surface area contributed by atoms with Crippen molar-refractivity contribution in [1.29, 1.82) is 0 Å². The lowest BCUT2D eigenvalue weighted by Gasteiger charge is -2.07. The summed E-state index contributed by atoms with van der Waals surface area (Å²) >= 11 is 5.43. The second-order valence-electron chi connectivity index (χ2n) is 3.13. The largest absolute Gasteiger partial charge is 0.489 e. The molecule has 0 aliphatic rings. The molecule has 0 bridgehead atoms. The van der Waals surface area contributed by atoms with E-state index in [1.165, 1.54) is 25.1 Å². The SMILES string of the molecule is CC(=O)c1ccc(F)cc1OCC=CCCl. The van der Waals surface area contributed by atoms with Gasteiger partial charge >= 0.3 is 0 Å². The number of Topliss-reactive ketones (excluding diaryl/α,β-unsaturated/α-hetero) is 1. The molecule has 1 aromatic carbocycles. The van der Waals surface area contributed by atoms with Crippen molar-refractivity contribution < 1.29 is 13.9 Å². The number of benzene rings is 1. The van der Waals surface area contributed by atoms with Crippen molar-refractivity contribution in [2.45, 2.75) is 6.92 Å². The predicted molar refractivity (Wildman–Crippen MR) is 61.8 cm³/mol. The van der Waals surface area contributed by atoms with E-state index in [9.17, 15) is 9.18 Å². The number of hydrogen-bond acceptors (Lipinski definition) is 2. The van der Waals surface area contributed by atoms with Gasteiger partial charge in [-0.25, -0.2) is 4.39 Å². The molecule has 0 atom stereocenters. The lowest BCUT2D eigenvalue weighted by Crippen LogP contribution is -2.01. The summed E-state index contributed by atoms with van der Waals surface area (Å²) in [6, 6.07) is 3.85. The van der Waals surface area contributed by atoms with E-state index >= 15 is 0 Å². The fourth-order valence-electron chi connectivity index (χ4n) is 1.18. The predicted octanol–water partition coefficient (Wildman–Crippen LogP) is 3.20. The Labute approximate surface area is 98.7 Å². The summed E-state index contributed by atoms with van der Waals surface area (Å²) in [5.74, 6) is 0.0656. The second-order valence-corrected chi connectivity index (χ2v) is 3.44. The molecule has 2 nitrogen and oxygen atoms in total. The quantitative estimate of drug-likeness (QED) is 0.450. The number of halogens is 2. The highest BCUT2D eigenvalue weighted by molar-refractivity contribution is 6.18. The molecule has 0 aliphatic carbocycles.